The van der Waals surface area contributed by atoms with Gasteiger partial charge in [0, 0.05) is 12.6 Å². The maximum atomic E-state index is 12.3. The molecular weight excluding hydrogens is 221 g/mol. The maximum Gasteiger partial charge on any atom is 0.401 e. The number of aliphatic hydroxyl groups excluding tert-OH is 1. The molecule has 0 spiro atoms. The van der Waals surface area contributed by atoms with Crippen LogP contribution in [0.15, 0.2) is 0 Å². The van der Waals surface area contributed by atoms with Crippen LogP contribution in [0, 0.1) is 0 Å². The lowest BCUT2D eigenvalue weighted by atomic mass is 10.0. The summed E-state index contributed by atoms with van der Waals surface area (Å²) in [4.78, 5) is 1.30. The molecule has 0 fully saturated rings. The Morgan fingerprint density at radius 2 is 1.75 bits per heavy atom. The summed E-state index contributed by atoms with van der Waals surface area (Å²) in [5.41, 5.74) is -0.713. The Labute approximate surface area is 94.6 Å². The van der Waals surface area contributed by atoms with E-state index in [1.807, 2.05) is 0 Å². The van der Waals surface area contributed by atoms with Crippen molar-refractivity contribution < 1.29 is 18.3 Å². The largest absolute Gasteiger partial charge is 0.401 e. The fourth-order valence-electron chi connectivity index (χ4n) is 1.31. The zero-order valence-corrected chi connectivity index (χ0v) is 10.2. The van der Waals surface area contributed by atoms with Crippen LogP contribution in [0.1, 0.15) is 20.8 Å². The van der Waals surface area contributed by atoms with E-state index in [2.05, 4.69) is 5.32 Å². The molecule has 0 aliphatic heterocycles. The van der Waals surface area contributed by atoms with Gasteiger partial charge in [-0.2, -0.15) is 13.2 Å². The van der Waals surface area contributed by atoms with Gasteiger partial charge in [-0.1, -0.05) is 0 Å². The lowest BCUT2D eigenvalue weighted by Gasteiger charge is -2.36. The quantitative estimate of drug-likeness (QED) is 0.735. The Balaban J connectivity index is 4.57. The third-order valence-electron chi connectivity index (χ3n) is 2.62. The van der Waals surface area contributed by atoms with E-state index in [0.717, 1.165) is 0 Å². The SMILES string of the molecule is CNC(C)(CO)CN(CC(F)(F)F)C(C)C. The summed E-state index contributed by atoms with van der Waals surface area (Å²) in [7, 11) is 1.63. The number of halogens is 3. The molecule has 0 aromatic heterocycles. The number of aliphatic hydroxyl groups is 1. The van der Waals surface area contributed by atoms with Gasteiger partial charge in [0.05, 0.1) is 18.7 Å². The van der Waals surface area contributed by atoms with Crippen LogP contribution in [-0.4, -0.2) is 54.5 Å². The van der Waals surface area contributed by atoms with Crippen LogP contribution >= 0.6 is 0 Å². The third kappa shape index (κ3) is 5.67. The van der Waals surface area contributed by atoms with Crippen LogP contribution in [0.25, 0.3) is 0 Å². The molecule has 3 nitrogen and oxygen atoms in total. The highest BCUT2D eigenvalue weighted by molar-refractivity contribution is 4.86. The first-order valence-electron chi connectivity index (χ1n) is 5.24. The van der Waals surface area contributed by atoms with E-state index in [-0.39, 0.29) is 19.2 Å². The van der Waals surface area contributed by atoms with Gasteiger partial charge in [0.2, 0.25) is 0 Å². The Morgan fingerprint density at radius 1 is 1.25 bits per heavy atom. The second-order valence-electron chi connectivity index (χ2n) is 4.58. The highest BCUT2D eigenvalue weighted by Gasteiger charge is 2.35. The fourth-order valence-corrected chi connectivity index (χ4v) is 1.31. The first kappa shape index (κ1) is 15.7. The van der Waals surface area contributed by atoms with Gasteiger partial charge >= 0.3 is 6.18 Å². The van der Waals surface area contributed by atoms with Crippen molar-refractivity contribution in [1.29, 1.82) is 0 Å². The minimum atomic E-state index is -4.21. The van der Waals surface area contributed by atoms with E-state index in [0.29, 0.717) is 0 Å². The highest BCUT2D eigenvalue weighted by Crippen LogP contribution is 2.19. The zero-order valence-electron chi connectivity index (χ0n) is 10.2. The zero-order chi connectivity index (χ0) is 13.0. The predicted molar refractivity (Wildman–Crippen MR) is 57.3 cm³/mol. The summed E-state index contributed by atoms with van der Waals surface area (Å²) in [5, 5.41) is 12.0. The number of nitrogens with one attached hydrogen (secondary N) is 1. The van der Waals surface area contributed by atoms with Crippen molar-refractivity contribution >= 4 is 0 Å². The topological polar surface area (TPSA) is 35.5 Å². The third-order valence-corrected chi connectivity index (χ3v) is 2.62. The highest BCUT2D eigenvalue weighted by atomic mass is 19.4. The predicted octanol–water partition coefficient (Wildman–Crippen LogP) is 1.23. The second-order valence-corrected chi connectivity index (χ2v) is 4.58. The van der Waals surface area contributed by atoms with Crippen molar-refractivity contribution in [2.24, 2.45) is 0 Å². The Kier molecular flexibility index (Phi) is 5.72. The first-order valence-corrected chi connectivity index (χ1v) is 5.24. The minimum Gasteiger partial charge on any atom is -0.394 e. The van der Waals surface area contributed by atoms with E-state index in [9.17, 15) is 13.2 Å². The molecule has 16 heavy (non-hydrogen) atoms. The number of nitrogens with zero attached hydrogens (tertiary/aromatic N) is 1. The van der Waals surface area contributed by atoms with E-state index in [1.165, 1.54) is 4.90 Å². The van der Waals surface area contributed by atoms with E-state index >= 15 is 0 Å². The first-order chi connectivity index (χ1) is 7.13. The molecule has 0 rings (SSSR count). The summed E-state index contributed by atoms with van der Waals surface area (Å²) >= 11 is 0. The number of hydrogen-bond donors (Lipinski definition) is 2. The summed E-state index contributed by atoms with van der Waals surface area (Å²) < 4.78 is 37.0. The molecule has 0 radical (unpaired) electrons. The Bertz CT molecular complexity index is 203. The molecule has 0 saturated carbocycles. The molecule has 2 N–H and O–H groups in total. The van der Waals surface area contributed by atoms with Gasteiger partial charge in [-0.05, 0) is 27.8 Å². The lowest BCUT2D eigenvalue weighted by molar-refractivity contribution is -0.152. The summed E-state index contributed by atoms with van der Waals surface area (Å²) in [5.74, 6) is 0. The van der Waals surface area contributed by atoms with Crippen molar-refractivity contribution in [2.75, 3.05) is 26.7 Å². The smallest absolute Gasteiger partial charge is 0.394 e. The molecular formula is C10H21F3N2O. The van der Waals surface area contributed by atoms with Gasteiger partial charge in [0.1, 0.15) is 0 Å². The van der Waals surface area contributed by atoms with Crippen molar-refractivity contribution in [3.05, 3.63) is 0 Å². The standard InChI is InChI=1S/C10H21F3N2O/c1-8(2)15(6-10(11,12)13)5-9(3,7-16)14-4/h8,14,16H,5-7H2,1-4H3. The van der Waals surface area contributed by atoms with Gasteiger partial charge in [-0.15, -0.1) is 0 Å². The lowest BCUT2D eigenvalue weighted by Crippen LogP contribution is -2.55. The molecule has 6 heteroatoms. The fraction of sp³-hybridized carbons (Fsp3) is 1.00. The van der Waals surface area contributed by atoms with Gasteiger partial charge < -0.3 is 10.4 Å². The molecule has 0 aromatic rings. The van der Waals surface area contributed by atoms with E-state index in [1.54, 1.807) is 27.8 Å². The normalized spacial score (nSPS) is 16.9. The van der Waals surface area contributed by atoms with Crippen molar-refractivity contribution in [1.82, 2.24) is 10.2 Å². The van der Waals surface area contributed by atoms with Crippen LogP contribution in [0.4, 0.5) is 13.2 Å². The van der Waals surface area contributed by atoms with Crippen molar-refractivity contribution in [3.8, 4) is 0 Å². The number of hydrogen-bond acceptors (Lipinski definition) is 3. The molecule has 0 aromatic carbocycles. The van der Waals surface area contributed by atoms with Crippen LogP contribution in [0.5, 0.6) is 0 Å². The van der Waals surface area contributed by atoms with Gasteiger partial charge in [0.25, 0.3) is 0 Å². The molecule has 0 saturated heterocycles. The summed E-state index contributed by atoms with van der Waals surface area (Å²) in [6.07, 6.45) is -4.21. The molecule has 1 unspecified atom stereocenters. The molecule has 0 aliphatic carbocycles. The summed E-state index contributed by atoms with van der Waals surface area (Å²) in [6.45, 7) is 4.10. The second kappa shape index (κ2) is 5.84. The molecule has 1 atom stereocenters. The Morgan fingerprint density at radius 3 is 2.00 bits per heavy atom. The van der Waals surface area contributed by atoms with Crippen LogP contribution in [0.2, 0.25) is 0 Å². The number of alkyl halides is 3. The van der Waals surface area contributed by atoms with Crippen LogP contribution < -0.4 is 5.32 Å². The molecule has 0 amide bonds. The number of likely N-dealkylation sites (N-methyl/N-ethyl adjacent to an activating group) is 1. The molecule has 0 heterocycles. The van der Waals surface area contributed by atoms with E-state index < -0.39 is 18.3 Å². The molecule has 0 aliphatic rings. The average Bonchev–Trinajstić information content (AvgIpc) is 2.14. The average molecular weight is 242 g/mol. The van der Waals surface area contributed by atoms with Gasteiger partial charge in [0.15, 0.2) is 0 Å². The molecule has 98 valence electrons. The van der Waals surface area contributed by atoms with Crippen LogP contribution in [-0.2, 0) is 0 Å². The monoisotopic (exact) mass is 242 g/mol. The summed E-state index contributed by atoms with van der Waals surface area (Å²) in [6, 6.07) is -0.221. The van der Waals surface area contributed by atoms with Crippen LogP contribution in [0.3, 0.4) is 0 Å². The Hall–Kier alpha value is -0.330. The minimum absolute atomic E-state index is 0.150. The molecule has 0 bridgehead atoms. The van der Waals surface area contributed by atoms with Gasteiger partial charge in [-0.25, -0.2) is 0 Å². The van der Waals surface area contributed by atoms with Crippen molar-refractivity contribution in [3.63, 3.8) is 0 Å². The maximum absolute atomic E-state index is 12.3. The van der Waals surface area contributed by atoms with Gasteiger partial charge in [-0.3, -0.25) is 4.90 Å². The number of rotatable bonds is 6. The van der Waals surface area contributed by atoms with Crippen molar-refractivity contribution in [2.45, 2.75) is 38.5 Å². The van der Waals surface area contributed by atoms with E-state index in [4.69, 9.17) is 5.11 Å².